The van der Waals surface area contributed by atoms with E-state index in [0.29, 0.717) is 25.6 Å². The molecule has 2 heterocycles. The molecule has 0 unspecified atom stereocenters. The minimum absolute atomic E-state index is 0.0862. The predicted molar refractivity (Wildman–Crippen MR) is 125 cm³/mol. The number of aromatic nitrogens is 1. The van der Waals surface area contributed by atoms with E-state index in [1.54, 1.807) is 16.6 Å². The van der Waals surface area contributed by atoms with Gasteiger partial charge in [0.25, 0.3) is 0 Å². The Morgan fingerprint density at radius 2 is 2.06 bits per heavy atom. The maximum absolute atomic E-state index is 12.2. The molecule has 0 atom stereocenters. The average Bonchev–Trinajstić information content (AvgIpc) is 3.31. The van der Waals surface area contributed by atoms with E-state index in [0.717, 1.165) is 46.3 Å². The minimum atomic E-state index is -0.247. The summed E-state index contributed by atoms with van der Waals surface area (Å²) in [5, 5.41) is 4.88. The molecule has 1 aliphatic heterocycles. The Labute approximate surface area is 191 Å². The molecule has 3 aromatic rings. The van der Waals surface area contributed by atoms with E-state index >= 15 is 0 Å². The lowest BCUT2D eigenvalue weighted by atomic mass is 9.94. The van der Waals surface area contributed by atoms with E-state index in [2.05, 4.69) is 10.3 Å². The molecule has 0 bridgehead atoms. The van der Waals surface area contributed by atoms with Crippen molar-refractivity contribution in [2.45, 2.75) is 32.8 Å². The molecule has 1 aliphatic rings. The monoisotopic (exact) mass is 453 g/mol. The number of hydrogen-bond acceptors (Lipinski definition) is 6. The number of thiazole rings is 1. The Hall–Kier alpha value is -3.13. The number of fused-ring (bicyclic) bond motifs is 1. The highest BCUT2D eigenvalue weighted by Gasteiger charge is 2.23. The number of benzene rings is 2. The van der Waals surface area contributed by atoms with Gasteiger partial charge in [0, 0.05) is 37.3 Å². The fourth-order valence-electron chi connectivity index (χ4n) is 3.94. The summed E-state index contributed by atoms with van der Waals surface area (Å²) >= 11 is 1.49. The van der Waals surface area contributed by atoms with Crippen molar-refractivity contribution < 1.29 is 19.1 Å². The normalized spacial score (nSPS) is 14.3. The quantitative estimate of drug-likeness (QED) is 0.540. The number of rotatable bonds is 7. The van der Waals surface area contributed by atoms with Crippen LogP contribution in [0, 0.1) is 5.92 Å². The highest BCUT2D eigenvalue weighted by molar-refractivity contribution is 7.09. The van der Waals surface area contributed by atoms with Crippen LogP contribution in [0.25, 0.3) is 10.8 Å². The number of piperidine rings is 1. The van der Waals surface area contributed by atoms with Gasteiger partial charge in [-0.05, 0) is 54.8 Å². The van der Waals surface area contributed by atoms with Crippen LogP contribution in [-0.2, 0) is 16.1 Å². The second-order valence-corrected chi connectivity index (χ2v) is 8.93. The van der Waals surface area contributed by atoms with Gasteiger partial charge in [0.2, 0.25) is 5.91 Å². The van der Waals surface area contributed by atoms with Gasteiger partial charge in [-0.3, -0.25) is 9.78 Å². The Morgan fingerprint density at radius 1 is 1.22 bits per heavy atom. The SMILES string of the molecule is CC(=O)Nc1cccc2cc(OCCC3CCN(C(=O)OCc4cncs4)CC3)ccc12. The summed E-state index contributed by atoms with van der Waals surface area (Å²) in [4.78, 5) is 30.3. The van der Waals surface area contributed by atoms with Crippen molar-refractivity contribution in [3.8, 4) is 5.75 Å². The van der Waals surface area contributed by atoms with E-state index in [1.807, 2.05) is 36.4 Å². The van der Waals surface area contributed by atoms with Crippen molar-refractivity contribution in [3.05, 3.63) is 53.0 Å². The Kier molecular flexibility index (Phi) is 7.21. The number of nitrogens with one attached hydrogen (secondary N) is 1. The van der Waals surface area contributed by atoms with Crippen LogP contribution < -0.4 is 10.1 Å². The number of amides is 2. The summed E-state index contributed by atoms with van der Waals surface area (Å²) in [5.74, 6) is 1.27. The highest BCUT2D eigenvalue weighted by atomic mass is 32.1. The van der Waals surface area contributed by atoms with Crippen LogP contribution in [0.1, 0.15) is 31.1 Å². The third-order valence-corrected chi connectivity index (χ3v) is 6.40. The molecule has 32 heavy (non-hydrogen) atoms. The molecular formula is C24H27N3O4S. The summed E-state index contributed by atoms with van der Waals surface area (Å²) < 4.78 is 11.4. The molecule has 1 saturated heterocycles. The van der Waals surface area contributed by atoms with Gasteiger partial charge in [-0.25, -0.2) is 4.79 Å². The molecule has 2 aromatic carbocycles. The van der Waals surface area contributed by atoms with Crippen LogP contribution in [0.3, 0.4) is 0 Å². The smallest absolute Gasteiger partial charge is 0.410 e. The van der Waals surface area contributed by atoms with Crippen LogP contribution in [-0.4, -0.2) is 41.6 Å². The van der Waals surface area contributed by atoms with Crippen molar-refractivity contribution in [3.63, 3.8) is 0 Å². The predicted octanol–water partition coefficient (Wildman–Crippen LogP) is 5.07. The maximum atomic E-state index is 12.2. The first-order chi connectivity index (χ1) is 15.6. The molecule has 0 radical (unpaired) electrons. The summed E-state index contributed by atoms with van der Waals surface area (Å²) in [6.45, 7) is 3.86. The van der Waals surface area contributed by atoms with E-state index in [1.165, 1.54) is 18.3 Å². The van der Waals surface area contributed by atoms with Gasteiger partial charge >= 0.3 is 6.09 Å². The zero-order valence-corrected chi connectivity index (χ0v) is 18.9. The van der Waals surface area contributed by atoms with E-state index in [4.69, 9.17) is 9.47 Å². The van der Waals surface area contributed by atoms with Gasteiger partial charge in [-0.2, -0.15) is 0 Å². The Morgan fingerprint density at radius 3 is 2.81 bits per heavy atom. The van der Waals surface area contributed by atoms with E-state index in [-0.39, 0.29) is 18.6 Å². The van der Waals surface area contributed by atoms with Crippen LogP contribution in [0.2, 0.25) is 0 Å². The third-order valence-electron chi connectivity index (χ3n) is 5.65. The van der Waals surface area contributed by atoms with Crippen molar-refractivity contribution in [2.24, 2.45) is 5.92 Å². The standard InChI is InChI=1S/C24H27N3O4S/c1-17(28)26-23-4-2-3-19-13-20(5-6-22(19)23)30-12-9-18-7-10-27(11-8-18)24(29)31-15-21-14-25-16-32-21/h2-6,13-14,16,18H,7-12,15H2,1H3,(H,26,28). The molecule has 1 N–H and O–H groups in total. The lowest BCUT2D eigenvalue weighted by Gasteiger charge is -2.31. The number of carbonyl (C=O) groups is 2. The molecule has 7 nitrogen and oxygen atoms in total. The zero-order chi connectivity index (χ0) is 22.3. The Balaban J connectivity index is 1.21. The number of carbonyl (C=O) groups excluding carboxylic acids is 2. The topological polar surface area (TPSA) is 80.8 Å². The number of hydrogen-bond donors (Lipinski definition) is 1. The number of nitrogens with zero attached hydrogens (tertiary/aromatic N) is 2. The Bertz CT molecular complexity index is 1060. The molecule has 0 aliphatic carbocycles. The average molecular weight is 454 g/mol. The van der Waals surface area contributed by atoms with Gasteiger partial charge < -0.3 is 19.7 Å². The third kappa shape index (κ3) is 5.76. The van der Waals surface area contributed by atoms with Gasteiger partial charge in [0.05, 0.1) is 17.0 Å². The van der Waals surface area contributed by atoms with E-state index in [9.17, 15) is 9.59 Å². The fraction of sp³-hybridized carbons (Fsp3) is 0.375. The van der Waals surface area contributed by atoms with Crippen LogP contribution in [0.4, 0.5) is 10.5 Å². The number of ether oxygens (including phenoxy) is 2. The summed E-state index contributed by atoms with van der Waals surface area (Å²) in [5.41, 5.74) is 2.54. The molecule has 0 saturated carbocycles. The first kappa shape index (κ1) is 22.1. The first-order valence-corrected chi connectivity index (χ1v) is 11.7. The second-order valence-electron chi connectivity index (χ2n) is 7.96. The van der Waals surface area contributed by atoms with Crippen LogP contribution in [0.15, 0.2) is 48.1 Å². The van der Waals surface area contributed by atoms with Gasteiger partial charge in [-0.15, -0.1) is 11.3 Å². The largest absolute Gasteiger partial charge is 0.494 e. The molecule has 1 aromatic heterocycles. The highest BCUT2D eigenvalue weighted by Crippen LogP contribution is 2.28. The molecule has 1 fully saturated rings. The fourth-order valence-corrected chi connectivity index (χ4v) is 4.44. The molecule has 168 valence electrons. The maximum Gasteiger partial charge on any atom is 0.410 e. The zero-order valence-electron chi connectivity index (χ0n) is 18.1. The van der Waals surface area contributed by atoms with Crippen molar-refractivity contribution in [2.75, 3.05) is 25.0 Å². The van der Waals surface area contributed by atoms with E-state index < -0.39 is 0 Å². The lowest BCUT2D eigenvalue weighted by Crippen LogP contribution is -2.39. The first-order valence-electron chi connectivity index (χ1n) is 10.8. The van der Waals surface area contributed by atoms with Crippen LogP contribution in [0.5, 0.6) is 5.75 Å². The molecule has 2 amide bonds. The van der Waals surface area contributed by atoms with Crippen molar-refractivity contribution in [1.82, 2.24) is 9.88 Å². The van der Waals surface area contributed by atoms with Crippen molar-refractivity contribution >= 4 is 39.8 Å². The summed E-state index contributed by atoms with van der Waals surface area (Å²) in [6, 6.07) is 11.8. The van der Waals surface area contributed by atoms with Gasteiger partial charge in [0.1, 0.15) is 12.4 Å². The number of likely N-dealkylation sites (tertiary alicyclic amines) is 1. The summed E-state index contributed by atoms with van der Waals surface area (Å²) in [6.07, 6.45) is 4.34. The van der Waals surface area contributed by atoms with Gasteiger partial charge in [-0.1, -0.05) is 12.1 Å². The molecular weight excluding hydrogens is 426 g/mol. The summed E-state index contributed by atoms with van der Waals surface area (Å²) in [7, 11) is 0. The van der Waals surface area contributed by atoms with Crippen LogP contribution >= 0.6 is 11.3 Å². The van der Waals surface area contributed by atoms with Gasteiger partial charge in [0.15, 0.2) is 0 Å². The molecule has 8 heteroatoms. The number of anilines is 1. The molecule has 4 rings (SSSR count). The minimum Gasteiger partial charge on any atom is -0.494 e. The second kappa shape index (κ2) is 10.5. The van der Waals surface area contributed by atoms with Crippen molar-refractivity contribution in [1.29, 1.82) is 0 Å². The lowest BCUT2D eigenvalue weighted by molar-refractivity contribution is -0.114. The molecule has 0 spiro atoms.